The smallest absolute Gasteiger partial charge is 0.324 e. The molecule has 3 amide bonds. The molecule has 0 radical (unpaired) electrons. The van der Waals surface area contributed by atoms with E-state index in [1.165, 1.54) is 12.1 Å². The van der Waals surface area contributed by atoms with Crippen molar-refractivity contribution in [2.24, 2.45) is 0 Å². The first-order chi connectivity index (χ1) is 16.0. The van der Waals surface area contributed by atoms with Crippen molar-refractivity contribution in [3.63, 3.8) is 0 Å². The lowest BCUT2D eigenvalue weighted by Gasteiger charge is -2.36. The van der Waals surface area contributed by atoms with Crippen LogP contribution >= 0.6 is 0 Å². The minimum atomic E-state index is -0.321. The quantitative estimate of drug-likeness (QED) is 0.563. The van der Waals surface area contributed by atoms with Gasteiger partial charge in [-0.05, 0) is 53.9 Å². The highest BCUT2D eigenvalue weighted by Gasteiger charge is 2.28. The second-order valence-electron chi connectivity index (χ2n) is 7.93. The summed E-state index contributed by atoms with van der Waals surface area (Å²) in [5, 5.41) is 2.95. The van der Waals surface area contributed by atoms with Crippen molar-refractivity contribution in [3.05, 3.63) is 89.7 Å². The van der Waals surface area contributed by atoms with Gasteiger partial charge >= 0.3 is 6.03 Å². The number of hydrogen-bond donors (Lipinski definition) is 1. The molecule has 0 unspecified atom stereocenters. The molecule has 1 heterocycles. The van der Waals surface area contributed by atoms with Gasteiger partial charge in [-0.2, -0.15) is 0 Å². The Morgan fingerprint density at radius 2 is 1.79 bits per heavy atom. The third-order valence-corrected chi connectivity index (χ3v) is 5.57. The number of nitrogens with one attached hydrogen (secondary N) is 1. The molecule has 1 fully saturated rings. The van der Waals surface area contributed by atoms with E-state index in [4.69, 9.17) is 4.74 Å². The minimum absolute atomic E-state index is 0.164. The Labute approximate surface area is 192 Å². The number of carbonyl (C=O) groups excluding carboxylic acids is 2. The summed E-state index contributed by atoms with van der Waals surface area (Å²) in [6, 6.07) is 20.7. The topological polar surface area (TPSA) is 61.9 Å². The summed E-state index contributed by atoms with van der Waals surface area (Å²) in [5.74, 6) is 0.239. The Hall–Kier alpha value is -3.87. The molecular weight excluding hydrogens is 421 g/mol. The number of urea groups is 1. The number of benzene rings is 3. The first kappa shape index (κ1) is 22.3. The number of ether oxygens (including phenoxy) is 1. The van der Waals surface area contributed by atoms with Gasteiger partial charge in [0.1, 0.15) is 11.6 Å². The summed E-state index contributed by atoms with van der Waals surface area (Å²) in [5.41, 5.74) is 2.83. The average molecular weight is 448 g/mol. The van der Waals surface area contributed by atoms with E-state index < -0.39 is 0 Å². The van der Waals surface area contributed by atoms with E-state index in [0.717, 1.165) is 23.3 Å². The van der Waals surface area contributed by atoms with Gasteiger partial charge < -0.3 is 15.0 Å². The fraction of sp³-hybridized carbons (Fsp3) is 0.231. The van der Waals surface area contributed by atoms with Gasteiger partial charge in [-0.3, -0.25) is 9.69 Å². The van der Waals surface area contributed by atoms with Crippen molar-refractivity contribution in [1.29, 1.82) is 0 Å². The second kappa shape index (κ2) is 10.2. The van der Waals surface area contributed by atoms with Crippen molar-refractivity contribution >= 4 is 23.3 Å². The Morgan fingerprint density at radius 3 is 2.55 bits per heavy atom. The molecule has 1 aliphatic heterocycles. The molecule has 6 nitrogen and oxygen atoms in total. The third-order valence-electron chi connectivity index (χ3n) is 5.57. The predicted molar refractivity (Wildman–Crippen MR) is 126 cm³/mol. The van der Waals surface area contributed by atoms with Crippen LogP contribution in [0.4, 0.5) is 20.6 Å². The van der Waals surface area contributed by atoms with E-state index in [2.05, 4.69) is 5.32 Å². The molecule has 0 aliphatic carbocycles. The zero-order valence-corrected chi connectivity index (χ0v) is 18.5. The summed E-state index contributed by atoms with van der Waals surface area (Å²) in [6.07, 6.45) is 0.979. The lowest BCUT2D eigenvalue weighted by molar-refractivity contribution is -0.115. The lowest BCUT2D eigenvalue weighted by Crippen LogP contribution is -2.49. The van der Waals surface area contributed by atoms with Crippen LogP contribution in [0.5, 0.6) is 5.75 Å². The van der Waals surface area contributed by atoms with Gasteiger partial charge in [0.05, 0.1) is 24.9 Å². The number of carbonyl (C=O) groups is 2. The number of anilines is 2. The minimum Gasteiger partial charge on any atom is -0.497 e. The fourth-order valence-corrected chi connectivity index (χ4v) is 3.95. The molecule has 1 saturated heterocycles. The van der Waals surface area contributed by atoms with Gasteiger partial charge in [0.2, 0.25) is 5.91 Å². The second-order valence-corrected chi connectivity index (χ2v) is 7.93. The first-order valence-electron chi connectivity index (χ1n) is 10.9. The van der Waals surface area contributed by atoms with Crippen LogP contribution in [0.3, 0.4) is 0 Å². The summed E-state index contributed by atoms with van der Waals surface area (Å²) < 4.78 is 18.7. The number of amides is 3. The maximum atomic E-state index is 13.6. The highest BCUT2D eigenvalue weighted by molar-refractivity contribution is 6.01. The molecule has 3 aromatic carbocycles. The third kappa shape index (κ3) is 5.49. The van der Waals surface area contributed by atoms with Gasteiger partial charge in [-0.15, -0.1) is 0 Å². The first-order valence-corrected chi connectivity index (χ1v) is 10.9. The normalized spacial score (nSPS) is 13.7. The maximum absolute atomic E-state index is 13.6. The van der Waals surface area contributed by atoms with Gasteiger partial charge in [0, 0.05) is 19.6 Å². The number of nitrogens with zero attached hydrogens (tertiary/aromatic N) is 2. The van der Waals surface area contributed by atoms with Gasteiger partial charge in [-0.1, -0.05) is 36.4 Å². The van der Waals surface area contributed by atoms with Crippen LogP contribution in [0.1, 0.15) is 17.5 Å². The van der Waals surface area contributed by atoms with E-state index >= 15 is 0 Å². The monoisotopic (exact) mass is 447 g/mol. The molecule has 0 bridgehead atoms. The fourth-order valence-electron chi connectivity index (χ4n) is 3.95. The SMILES string of the molecule is COc1ccc(CC(=O)Nc2ccccc2N2CCCN(Cc3cccc(F)c3)C2=O)cc1. The van der Waals surface area contributed by atoms with Gasteiger partial charge in [0.25, 0.3) is 0 Å². The van der Waals surface area contributed by atoms with Crippen molar-refractivity contribution in [1.82, 2.24) is 4.90 Å². The van der Waals surface area contributed by atoms with E-state index in [9.17, 15) is 14.0 Å². The van der Waals surface area contributed by atoms with Crippen LogP contribution < -0.4 is 15.0 Å². The molecule has 1 N–H and O–H groups in total. The van der Waals surface area contributed by atoms with Gasteiger partial charge in [0.15, 0.2) is 0 Å². The van der Waals surface area contributed by atoms with Crippen molar-refractivity contribution in [2.75, 3.05) is 30.4 Å². The van der Waals surface area contributed by atoms with Crippen LogP contribution in [0.25, 0.3) is 0 Å². The number of hydrogen-bond acceptors (Lipinski definition) is 3. The van der Waals surface area contributed by atoms with Crippen molar-refractivity contribution in [3.8, 4) is 5.75 Å². The van der Waals surface area contributed by atoms with Crippen LogP contribution in [0, 0.1) is 5.82 Å². The van der Waals surface area contributed by atoms with E-state index in [0.29, 0.717) is 31.0 Å². The largest absolute Gasteiger partial charge is 0.497 e. The van der Waals surface area contributed by atoms with Crippen molar-refractivity contribution < 1.29 is 18.7 Å². The molecule has 0 saturated carbocycles. The Morgan fingerprint density at radius 1 is 1.00 bits per heavy atom. The molecule has 7 heteroatoms. The molecule has 0 aromatic heterocycles. The molecule has 170 valence electrons. The molecule has 4 rings (SSSR count). The summed E-state index contributed by atoms with van der Waals surface area (Å²) in [7, 11) is 1.60. The Kier molecular flexibility index (Phi) is 6.88. The van der Waals surface area contributed by atoms with E-state index in [1.807, 2.05) is 48.5 Å². The van der Waals surface area contributed by atoms with E-state index in [1.54, 1.807) is 29.0 Å². The Balaban J connectivity index is 1.47. The molecule has 33 heavy (non-hydrogen) atoms. The van der Waals surface area contributed by atoms with E-state index in [-0.39, 0.29) is 24.2 Å². The lowest BCUT2D eigenvalue weighted by atomic mass is 10.1. The molecule has 3 aromatic rings. The summed E-state index contributed by atoms with van der Waals surface area (Å²) in [4.78, 5) is 29.3. The van der Waals surface area contributed by atoms with Crippen molar-refractivity contribution in [2.45, 2.75) is 19.4 Å². The zero-order valence-electron chi connectivity index (χ0n) is 18.5. The zero-order chi connectivity index (χ0) is 23.2. The number of para-hydroxylation sites is 2. The average Bonchev–Trinajstić information content (AvgIpc) is 2.81. The molecular formula is C26H26FN3O3. The molecule has 1 aliphatic rings. The highest BCUT2D eigenvalue weighted by atomic mass is 19.1. The van der Waals surface area contributed by atoms with Crippen LogP contribution in [-0.2, 0) is 17.8 Å². The predicted octanol–water partition coefficient (Wildman–Crippen LogP) is 4.85. The standard InChI is InChI=1S/C26H26FN3O3/c1-33-22-12-10-19(11-13-22)17-25(31)28-23-8-2-3-9-24(23)30-15-5-14-29(26(30)32)18-20-6-4-7-21(27)16-20/h2-4,6-13,16H,5,14-15,17-18H2,1H3,(H,28,31). The number of rotatable bonds is 7. The van der Waals surface area contributed by atoms with Gasteiger partial charge in [-0.25, -0.2) is 9.18 Å². The molecule has 0 atom stereocenters. The highest BCUT2D eigenvalue weighted by Crippen LogP contribution is 2.29. The number of methoxy groups -OCH3 is 1. The summed E-state index contributed by atoms with van der Waals surface area (Å²) in [6.45, 7) is 1.47. The molecule has 0 spiro atoms. The Bertz CT molecular complexity index is 1130. The summed E-state index contributed by atoms with van der Waals surface area (Å²) >= 11 is 0. The van der Waals surface area contributed by atoms with Crippen LogP contribution in [0.15, 0.2) is 72.8 Å². The van der Waals surface area contributed by atoms with Crippen LogP contribution in [-0.4, -0.2) is 37.0 Å². The maximum Gasteiger partial charge on any atom is 0.324 e. The number of halogens is 1. The van der Waals surface area contributed by atoms with Crippen LogP contribution in [0.2, 0.25) is 0 Å².